The summed E-state index contributed by atoms with van der Waals surface area (Å²) in [5.74, 6) is 3.61. The molecule has 3 aromatic carbocycles. The van der Waals surface area contributed by atoms with E-state index in [0.717, 1.165) is 94.6 Å². The van der Waals surface area contributed by atoms with Crippen LogP contribution in [0.25, 0.3) is 61.8 Å². The van der Waals surface area contributed by atoms with Crippen LogP contribution in [-0.2, 0) is 34.7 Å². The monoisotopic (exact) mass is 1550 g/mol. The normalized spacial score (nSPS) is 17.0. The van der Waals surface area contributed by atoms with Gasteiger partial charge in [0.2, 0.25) is 35.5 Å². The van der Waals surface area contributed by atoms with Crippen molar-refractivity contribution >= 4 is 52.4 Å². The molecule has 0 bridgehead atoms. The minimum absolute atomic E-state index is 0.0836. The smallest absolute Gasteiger partial charge is 0.255 e. The van der Waals surface area contributed by atoms with Crippen LogP contribution in [0.15, 0.2) is 200 Å². The molecule has 36 heteroatoms. The Labute approximate surface area is 661 Å². The minimum atomic E-state index is -0.132. The highest BCUT2D eigenvalue weighted by Gasteiger charge is 2.32. The van der Waals surface area contributed by atoms with Crippen molar-refractivity contribution in [1.29, 1.82) is 0 Å². The Morgan fingerprint density at radius 3 is 1.13 bits per heavy atom. The second kappa shape index (κ2) is 35.9. The van der Waals surface area contributed by atoms with Gasteiger partial charge in [-0.15, -0.1) is 0 Å². The molecular formula is C79H88N30O6. The summed E-state index contributed by atoms with van der Waals surface area (Å²) >= 11 is 0. The zero-order valence-corrected chi connectivity index (χ0v) is 64.9. The Balaban J connectivity index is 0.000000135. The van der Waals surface area contributed by atoms with E-state index in [1.54, 1.807) is 95.5 Å². The van der Waals surface area contributed by atoms with Crippen LogP contribution in [0.1, 0.15) is 39.1 Å². The fourth-order valence-corrected chi connectivity index (χ4v) is 14.0. The highest BCUT2D eigenvalue weighted by Crippen LogP contribution is 2.31. The highest BCUT2D eigenvalue weighted by atomic mass is 16.5. The maximum atomic E-state index is 12.7. The molecule has 0 radical (unpaired) electrons. The first-order valence-corrected chi connectivity index (χ1v) is 37.3. The molecule has 6 N–H and O–H groups in total. The van der Waals surface area contributed by atoms with Crippen LogP contribution in [0.3, 0.4) is 0 Å². The predicted molar refractivity (Wildman–Crippen MR) is 438 cm³/mol. The van der Waals surface area contributed by atoms with Gasteiger partial charge in [-0.1, -0.05) is 22.4 Å². The SMILES string of the molecule is CC1CN(c2ccc(-c3noc(CN)n3)cc2)CCN1c1nc(-c2ccncn2)cc(=O)n1C.CC1CN(c2ccc(/C(N)=N\O)cc2)CCN1c1nc(-c2ccncn2)cc(=O)n1C.CC1CNCCN1c1nc(-c2ccncn2)cc(=O)n1C.[C-]#[N+]c1ccc(N2CCN(c3nc(-c4ccncn4)cc(=O)n3C)C(C)C2)cc1. The van der Waals surface area contributed by atoms with Gasteiger partial charge in [0.25, 0.3) is 22.2 Å². The van der Waals surface area contributed by atoms with E-state index in [9.17, 15) is 19.2 Å². The van der Waals surface area contributed by atoms with Crippen LogP contribution in [-0.4, -0.2) is 202 Å². The van der Waals surface area contributed by atoms with Crippen LogP contribution >= 0.6 is 0 Å². The molecule has 4 saturated heterocycles. The summed E-state index contributed by atoms with van der Waals surface area (Å²) in [4.78, 5) is 125. The van der Waals surface area contributed by atoms with Gasteiger partial charge in [-0.25, -0.2) is 64.7 Å². The Kier molecular flexibility index (Phi) is 24.7. The topological polar surface area (TPSA) is 405 Å². The van der Waals surface area contributed by atoms with E-state index in [1.165, 1.54) is 49.6 Å². The molecule has 4 fully saturated rings. The number of nitrogens with two attached hydrogens (primary N) is 2. The van der Waals surface area contributed by atoms with E-state index in [1.807, 2.05) is 60.7 Å². The third-order valence-corrected chi connectivity index (χ3v) is 20.3. The summed E-state index contributed by atoms with van der Waals surface area (Å²) in [7, 11) is 6.99. The fourth-order valence-electron chi connectivity index (χ4n) is 14.0. The third-order valence-electron chi connectivity index (χ3n) is 20.3. The zero-order valence-electron chi connectivity index (χ0n) is 64.9. The Morgan fingerprint density at radius 1 is 0.478 bits per heavy atom. The van der Waals surface area contributed by atoms with Gasteiger partial charge in [0.05, 0.1) is 58.7 Å². The highest BCUT2D eigenvalue weighted by molar-refractivity contribution is 5.97. The Hall–Kier alpha value is -14.1. The van der Waals surface area contributed by atoms with E-state index >= 15 is 0 Å². The average Bonchev–Trinajstić information content (AvgIpc) is 1.28. The van der Waals surface area contributed by atoms with Crippen LogP contribution in [0.4, 0.5) is 46.5 Å². The molecule has 4 aliphatic heterocycles. The van der Waals surface area contributed by atoms with Gasteiger partial charge < -0.3 is 60.8 Å². The van der Waals surface area contributed by atoms with Crippen molar-refractivity contribution in [3.8, 4) is 56.9 Å². The predicted octanol–water partition coefficient (Wildman–Crippen LogP) is 5.05. The van der Waals surface area contributed by atoms with E-state index < -0.39 is 0 Å². The van der Waals surface area contributed by atoms with E-state index in [0.29, 0.717) is 98.9 Å². The molecular weight excluding hydrogens is 1470 g/mol. The summed E-state index contributed by atoms with van der Waals surface area (Å²) in [5, 5.41) is 19.2. The van der Waals surface area contributed by atoms with Crippen molar-refractivity contribution in [2.75, 3.05) is 113 Å². The summed E-state index contributed by atoms with van der Waals surface area (Å²) in [5.41, 5.74) is 20.9. The van der Waals surface area contributed by atoms with Crippen molar-refractivity contribution < 1.29 is 9.73 Å². The second-order valence-corrected chi connectivity index (χ2v) is 27.9. The van der Waals surface area contributed by atoms with Gasteiger partial charge in [0, 0.05) is 208 Å². The largest absolute Gasteiger partial charge is 0.409 e. The van der Waals surface area contributed by atoms with E-state index in [4.69, 9.17) is 42.7 Å². The number of hydrogen-bond donors (Lipinski definition) is 4. The van der Waals surface area contributed by atoms with E-state index in [-0.39, 0.29) is 58.8 Å². The van der Waals surface area contributed by atoms with Gasteiger partial charge in [-0.05, 0) is 113 Å². The van der Waals surface area contributed by atoms with Crippen LogP contribution in [0.5, 0.6) is 0 Å². The molecule has 115 heavy (non-hydrogen) atoms. The lowest BCUT2D eigenvalue weighted by molar-refractivity contribution is 0.318. The van der Waals surface area contributed by atoms with Gasteiger partial charge >= 0.3 is 0 Å². The first-order valence-electron chi connectivity index (χ1n) is 37.3. The lowest BCUT2D eigenvalue weighted by Crippen LogP contribution is -2.53. The number of amidine groups is 1. The molecule has 4 atom stereocenters. The first kappa shape index (κ1) is 79.0. The van der Waals surface area contributed by atoms with Crippen molar-refractivity contribution in [1.82, 2.24) is 93.5 Å². The minimum Gasteiger partial charge on any atom is -0.409 e. The fraction of sp³-hybridized carbons (Fsp3) is 0.316. The molecule has 0 spiro atoms. The summed E-state index contributed by atoms with van der Waals surface area (Å²) in [6, 6.07) is 37.0. The molecule has 0 saturated carbocycles. The molecule has 0 amide bonds. The molecule has 16 rings (SSSR count). The maximum Gasteiger partial charge on any atom is 0.255 e. The molecule has 4 aliphatic rings. The number of hydrogen-bond acceptors (Lipinski definition) is 30. The number of rotatable bonds is 14. The molecule has 9 aromatic heterocycles. The lowest BCUT2D eigenvalue weighted by atomic mass is 10.1. The lowest BCUT2D eigenvalue weighted by Gasteiger charge is -2.42. The molecule has 590 valence electrons. The second-order valence-electron chi connectivity index (χ2n) is 27.9. The van der Waals surface area contributed by atoms with Crippen molar-refractivity contribution in [2.24, 2.45) is 44.8 Å². The maximum absolute atomic E-state index is 12.7. The molecule has 12 aromatic rings. The van der Waals surface area contributed by atoms with Gasteiger partial charge in [-0.2, -0.15) is 4.98 Å². The first-order chi connectivity index (χ1) is 55.7. The zero-order chi connectivity index (χ0) is 80.8. The van der Waals surface area contributed by atoms with Crippen molar-refractivity contribution in [3.05, 3.63) is 236 Å². The molecule has 13 heterocycles. The van der Waals surface area contributed by atoms with Crippen LogP contribution < -0.4 is 73.3 Å². The van der Waals surface area contributed by atoms with Gasteiger partial charge in [0.1, 0.15) is 25.3 Å². The number of nitrogens with zero attached hydrogens (tertiary/aromatic N) is 27. The van der Waals surface area contributed by atoms with Gasteiger partial charge in [-0.3, -0.25) is 37.4 Å². The number of benzene rings is 3. The molecule has 0 aliphatic carbocycles. The van der Waals surface area contributed by atoms with Crippen molar-refractivity contribution in [3.63, 3.8) is 0 Å². The summed E-state index contributed by atoms with van der Waals surface area (Å²) in [6.45, 7) is 25.3. The standard InChI is InChI=1S/C23H25N9O2.C21H24N8O2.C21H21N7O.C14H18N6O/c1-15-13-31(17-5-3-16(4-6-17)22-28-20(12-24)34-29-22)9-10-32(15)23-27-19(11-21(33)30(23)2)18-7-8-25-14-26-18;1-14-12-28(16-5-3-15(4-6-16)20(22)26-31)9-10-29(14)21-25-18(11-19(30)27(21)2)17-7-8-23-13-24-17;1-15-13-27(17-6-4-16(22-2)5-7-17)10-11-28(15)21-25-19(12-20(29)26(21)3)18-8-9-23-14-24-18;1-10-8-15-5-6-20(10)14-18-12(7-13(21)19(14)2)11-3-4-16-9-17-11/h3-8,11,14-15H,9-10,12-13,24H2,1-2H3;3-8,11,13-14,31H,9-10,12H2,1-2H3,(H2,22,26);4-9,12,14-15H,10-11,13H2,1,3H3;3-4,7,9-10,15H,5-6,8H2,1-2H3. The van der Waals surface area contributed by atoms with E-state index in [2.05, 4.69) is 144 Å². The van der Waals surface area contributed by atoms with Gasteiger partial charge in [0.15, 0.2) is 11.5 Å². The quantitative estimate of drug-likeness (QED) is 0.0364. The van der Waals surface area contributed by atoms with Crippen molar-refractivity contribution in [2.45, 2.75) is 58.4 Å². The molecule has 36 nitrogen and oxygen atoms in total. The average molecular weight is 1550 g/mol. The Morgan fingerprint density at radius 2 is 0.826 bits per heavy atom. The number of piperazine rings is 4. The molecule has 4 unspecified atom stereocenters. The number of nitrogens with one attached hydrogen (secondary N) is 1. The summed E-state index contributed by atoms with van der Waals surface area (Å²) in [6.07, 6.45) is 12.4. The summed E-state index contributed by atoms with van der Waals surface area (Å²) < 4.78 is 11.4. The van der Waals surface area contributed by atoms with Crippen LogP contribution in [0.2, 0.25) is 0 Å². The Bertz CT molecular complexity index is 5640. The third kappa shape index (κ3) is 18.3. The number of anilines is 7. The van der Waals surface area contributed by atoms with Crippen LogP contribution in [0, 0.1) is 6.57 Å². The number of aromatic nitrogens is 18. The number of oxime groups is 1.